The van der Waals surface area contributed by atoms with Crippen LogP contribution in [0.2, 0.25) is 0 Å². The molecule has 0 radical (unpaired) electrons. The molecule has 0 saturated carbocycles. The van der Waals surface area contributed by atoms with Crippen LogP contribution in [0.5, 0.6) is 5.75 Å². The van der Waals surface area contributed by atoms with Gasteiger partial charge in [0, 0.05) is 25.7 Å². The molecular formula is C16H28N2O. The van der Waals surface area contributed by atoms with Crippen LogP contribution in [-0.2, 0) is 6.54 Å². The fourth-order valence-corrected chi connectivity index (χ4v) is 2.15. The number of rotatable bonds is 7. The van der Waals surface area contributed by atoms with Crippen LogP contribution in [0.1, 0.15) is 30.5 Å². The van der Waals surface area contributed by atoms with Gasteiger partial charge in [-0.2, -0.15) is 0 Å². The minimum Gasteiger partial charge on any atom is -0.496 e. The van der Waals surface area contributed by atoms with Gasteiger partial charge in [-0.25, -0.2) is 0 Å². The van der Waals surface area contributed by atoms with E-state index in [0.29, 0.717) is 6.04 Å². The Hall–Kier alpha value is -1.06. The molecule has 19 heavy (non-hydrogen) atoms. The zero-order valence-electron chi connectivity index (χ0n) is 13.2. The molecule has 3 nitrogen and oxygen atoms in total. The minimum absolute atomic E-state index is 0.554. The van der Waals surface area contributed by atoms with E-state index in [-0.39, 0.29) is 0 Å². The van der Waals surface area contributed by atoms with Crippen molar-refractivity contribution >= 4 is 0 Å². The number of nitrogens with zero attached hydrogens (tertiary/aromatic N) is 1. The van der Waals surface area contributed by atoms with Gasteiger partial charge in [0.25, 0.3) is 0 Å². The first-order valence-corrected chi connectivity index (χ1v) is 7.00. The first-order chi connectivity index (χ1) is 8.93. The Morgan fingerprint density at radius 2 is 1.89 bits per heavy atom. The second-order valence-corrected chi connectivity index (χ2v) is 5.59. The van der Waals surface area contributed by atoms with E-state index in [2.05, 4.69) is 57.1 Å². The molecule has 0 aliphatic carbocycles. The van der Waals surface area contributed by atoms with Gasteiger partial charge in [-0.15, -0.1) is 0 Å². The molecule has 3 heteroatoms. The smallest absolute Gasteiger partial charge is 0.122 e. The van der Waals surface area contributed by atoms with Crippen LogP contribution in [0.4, 0.5) is 0 Å². The Balaban J connectivity index is 2.59. The summed E-state index contributed by atoms with van der Waals surface area (Å²) in [4.78, 5) is 2.35. The molecule has 0 aliphatic heterocycles. The van der Waals surface area contributed by atoms with E-state index in [1.165, 1.54) is 16.7 Å². The molecule has 0 bridgehead atoms. The highest BCUT2D eigenvalue weighted by Gasteiger charge is 2.07. The average molecular weight is 264 g/mol. The maximum atomic E-state index is 5.35. The molecule has 0 unspecified atom stereocenters. The molecule has 0 atom stereocenters. The lowest BCUT2D eigenvalue weighted by Gasteiger charge is -2.20. The first-order valence-electron chi connectivity index (χ1n) is 7.00. The number of hydrogen-bond acceptors (Lipinski definition) is 3. The lowest BCUT2D eigenvalue weighted by atomic mass is 10.0. The van der Waals surface area contributed by atoms with E-state index in [1.54, 1.807) is 7.11 Å². The highest BCUT2D eigenvalue weighted by Crippen LogP contribution is 2.23. The van der Waals surface area contributed by atoms with Crippen molar-refractivity contribution in [3.8, 4) is 5.75 Å². The normalized spacial score (nSPS) is 11.4. The Morgan fingerprint density at radius 1 is 1.21 bits per heavy atom. The van der Waals surface area contributed by atoms with Crippen molar-refractivity contribution in [2.24, 2.45) is 0 Å². The molecule has 108 valence electrons. The van der Waals surface area contributed by atoms with Crippen LogP contribution < -0.4 is 10.1 Å². The number of hydrogen-bond donors (Lipinski definition) is 1. The van der Waals surface area contributed by atoms with Crippen molar-refractivity contribution in [1.82, 2.24) is 10.2 Å². The Morgan fingerprint density at radius 3 is 2.47 bits per heavy atom. The summed E-state index contributed by atoms with van der Waals surface area (Å²) < 4.78 is 5.35. The van der Waals surface area contributed by atoms with E-state index < -0.39 is 0 Å². The van der Waals surface area contributed by atoms with Crippen molar-refractivity contribution in [3.63, 3.8) is 0 Å². The zero-order valence-corrected chi connectivity index (χ0v) is 13.2. The highest BCUT2D eigenvalue weighted by atomic mass is 16.5. The van der Waals surface area contributed by atoms with Gasteiger partial charge in [0.15, 0.2) is 0 Å². The molecule has 0 amide bonds. The van der Waals surface area contributed by atoms with Gasteiger partial charge in [0.1, 0.15) is 5.75 Å². The van der Waals surface area contributed by atoms with Crippen LogP contribution in [-0.4, -0.2) is 38.2 Å². The Labute approximate surface area is 118 Å². The van der Waals surface area contributed by atoms with Crippen LogP contribution in [0, 0.1) is 13.8 Å². The van der Waals surface area contributed by atoms with E-state index in [4.69, 9.17) is 4.74 Å². The van der Waals surface area contributed by atoms with Gasteiger partial charge < -0.3 is 15.0 Å². The van der Waals surface area contributed by atoms with Crippen molar-refractivity contribution in [2.45, 2.75) is 40.3 Å². The second-order valence-electron chi connectivity index (χ2n) is 5.59. The molecule has 0 heterocycles. The number of benzene rings is 1. The Kier molecular flexibility index (Phi) is 6.32. The molecule has 0 aliphatic rings. The summed E-state index contributed by atoms with van der Waals surface area (Å²) in [5.74, 6) is 0.977. The molecule has 1 aromatic carbocycles. The summed E-state index contributed by atoms with van der Waals surface area (Å²) in [5, 5.41) is 3.44. The summed E-state index contributed by atoms with van der Waals surface area (Å²) in [6.07, 6.45) is 0. The van der Waals surface area contributed by atoms with Crippen molar-refractivity contribution in [3.05, 3.63) is 28.8 Å². The maximum Gasteiger partial charge on any atom is 0.122 e. The lowest BCUT2D eigenvalue weighted by Crippen LogP contribution is -2.32. The van der Waals surface area contributed by atoms with Crippen molar-refractivity contribution in [1.29, 1.82) is 0 Å². The number of ether oxygens (including phenoxy) is 1. The van der Waals surface area contributed by atoms with Gasteiger partial charge in [-0.05, 0) is 43.7 Å². The van der Waals surface area contributed by atoms with Crippen LogP contribution in [0.25, 0.3) is 0 Å². The summed E-state index contributed by atoms with van der Waals surface area (Å²) >= 11 is 0. The third kappa shape index (κ3) is 5.21. The maximum absolute atomic E-state index is 5.35. The number of aryl methyl sites for hydroxylation is 2. The van der Waals surface area contributed by atoms with E-state index in [1.807, 2.05) is 0 Å². The van der Waals surface area contributed by atoms with Crippen LogP contribution in [0.3, 0.4) is 0 Å². The minimum atomic E-state index is 0.554. The van der Waals surface area contributed by atoms with Gasteiger partial charge >= 0.3 is 0 Å². The SMILES string of the molecule is COc1cc(C)c(CN(C)CCNC(C)C)cc1C. The molecule has 1 N–H and O–H groups in total. The number of methoxy groups -OCH3 is 1. The largest absolute Gasteiger partial charge is 0.496 e. The van der Waals surface area contributed by atoms with Crippen molar-refractivity contribution < 1.29 is 4.74 Å². The first kappa shape index (κ1) is 16.0. The fraction of sp³-hybridized carbons (Fsp3) is 0.625. The summed E-state index contributed by atoms with van der Waals surface area (Å²) in [6.45, 7) is 11.7. The van der Waals surface area contributed by atoms with E-state index >= 15 is 0 Å². The fourth-order valence-electron chi connectivity index (χ4n) is 2.15. The average Bonchev–Trinajstić information content (AvgIpc) is 2.32. The predicted octanol–water partition coefficient (Wildman–Crippen LogP) is 2.74. The predicted molar refractivity (Wildman–Crippen MR) is 81.9 cm³/mol. The van der Waals surface area contributed by atoms with Crippen molar-refractivity contribution in [2.75, 3.05) is 27.2 Å². The van der Waals surface area contributed by atoms with Gasteiger partial charge in [-0.1, -0.05) is 19.9 Å². The molecule has 0 fully saturated rings. The molecular weight excluding hydrogens is 236 g/mol. The van der Waals surface area contributed by atoms with Crippen LogP contribution in [0.15, 0.2) is 12.1 Å². The topological polar surface area (TPSA) is 24.5 Å². The third-order valence-corrected chi connectivity index (χ3v) is 3.34. The van der Waals surface area contributed by atoms with Gasteiger partial charge in [0.2, 0.25) is 0 Å². The Bertz CT molecular complexity index is 402. The van der Waals surface area contributed by atoms with Gasteiger partial charge in [-0.3, -0.25) is 0 Å². The quantitative estimate of drug-likeness (QED) is 0.819. The molecule has 1 rings (SSSR count). The number of nitrogens with one attached hydrogen (secondary N) is 1. The molecule has 0 aromatic heterocycles. The summed E-state index contributed by atoms with van der Waals surface area (Å²) in [6, 6.07) is 4.92. The summed E-state index contributed by atoms with van der Waals surface area (Å²) in [7, 11) is 3.90. The molecule has 0 spiro atoms. The lowest BCUT2D eigenvalue weighted by molar-refractivity contribution is 0.319. The number of likely N-dealkylation sites (N-methyl/N-ethyl adjacent to an activating group) is 1. The van der Waals surface area contributed by atoms with Crippen LogP contribution >= 0.6 is 0 Å². The van der Waals surface area contributed by atoms with Gasteiger partial charge in [0.05, 0.1) is 7.11 Å². The third-order valence-electron chi connectivity index (χ3n) is 3.34. The van der Waals surface area contributed by atoms with E-state index in [0.717, 1.165) is 25.4 Å². The standard InChI is InChI=1S/C16H28N2O/c1-12(2)17-7-8-18(5)11-15-9-14(4)16(19-6)10-13(15)3/h9-10,12,17H,7-8,11H2,1-6H3. The summed E-state index contributed by atoms with van der Waals surface area (Å²) in [5.41, 5.74) is 3.88. The monoisotopic (exact) mass is 264 g/mol. The molecule has 1 aromatic rings. The second kappa shape index (κ2) is 7.51. The van der Waals surface area contributed by atoms with E-state index in [9.17, 15) is 0 Å². The zero-order chi connectivity index (χ0) is 14.4. The highest BCUT2D eigenvalue weighted by molar-refractivity contribution is 5.41. The molecule has 0 saturated heterocycles.